The second-order valence-electron chi connectivity index (χ2n) is 6.23. The third-order valence-corrected chi connectivity index (χ3v) is 6.53. The number of hydrogen-bond acceptors (Lipinski definition) is 7. The Morgan fingerprint density at radius 1 is 1.20 bits per heavy atom. The fourth-order valence-corrected chi connectivity index (χ4v) is 4.87. The minimum Gasteiger partial charge on any atom is -0.468 e. The smallest absolute Gasteiger partial charge is 0.323 e. The van der Waals surface area contributed by atoms with E-state index in [1.165, 1.54) is 30.2 Å². The zero-order valence-electron chi connectivity index (χ0n) is 15.9. The lowest BCUT2D eigenvalue weighted by Crippen LogP contribution is -2.12. The van der Waals surface area contributed by atoms with Gasteiger partial charge in [-0.05, 0) is 35.2 Å². The number of rotatable bonds is 6. The number of aromatic nitrogens is 1. The average Bonchev–Trinajstić information content (AvgIpc) is 3.51. The van der Waals surface area contributed by atoms with Gasteiger partial charge in [0.25, 0.3) is 0 Å². The molecule has 1 atom stereocenters. The summed E-state index contributed by atoms with van der Waals surface area (Å²) in [6.45, 7) is 0. The molecule has 1 aromatic carbocycles. The summed E-state index contributed by atoms with van der Waals surface area (Å²) in [4.78, 5) is 18.2. The summed E-state index contributed by atoms with van der Waals surface area (Å²) in [5.74, 6) is 0.187. The molecule has 148 valence electrons. The SMILES string of the molecule is COC(=O)C(Sc1nc(-c2ccco2)cc(-c2cccs2)c1C#N)c1ccccc1. The second kappa shape index (κ2) is 8.99. The first-order valence-electron chi connectivity index (χ1n) is 9.03. The van der Waals surface area contributed by atoms with Crippen molar-refractivity contribution in [3.63, 3.8) is 0 Å². The Labute approximate surface area is 182 Å². The molecule has 1 unspecified atom stereocenters. The monoisotopic (exact) mass is 432 g/mol. The Bertz CT molecular complexity index is 1180. The summed E-state index contributed by atoms with van der Waals surface area (Å²) in [6.07, 6.45) is 1.58. The van der Waals surface area contributed by atoms with Crippen molar-refractivity contribution in [2.24, 2.45) is 0 Å². The van der Waals surface area contributed by atoms with E-state index in [4.69, 9.17) is 9.15 Å². The lowest BCUT2D eigenvalue weighted by molar-refractivity contribution is -0.140. The summed E-state index contributed by atoms with van der Waals surface area (Å²) in [5, 5.41) is 11.7. The van der Waals surface area contributed by atoms with Gasteiger partial charge in [0.2, 0.25) is 0 Å². The van der Waals surface area contributed by atoms with Crippen LogP contribution in [0.4, 0.5) is 0 Å². The topological polar surface area (TPSA) is 76.1 Å². The summed E-state index contributed by atoms with van der Waals surface area (Å²) in [6, 6.07) is 20.9. The molecule has 7 heteroatoms. The van der Waals surface area contributed by atoms with Gasteiger partial charge >= 0.3 is 5.97 Å². The van der Waals surface area contributed by atoms with Gasteiger partial charge in [-0.25, -0.2) is 4.98 Å². The first-order valence-corrected chi connectivity index (χ1v) is 10.8. The van der Waals surface area contributed by atoms with Crippen LogP contribution in [0.15, 0.2) is 81.8 Å². The minimum atomic E-state index is -0.654. The van der Waals surface area contributed by atoms with Crippen molar-refractivity contribution in [3.05, 3.63) is 83.4 Å². The Morgan fingerprint density at radius 3 is 2.67 bits per heavy atom. The highest BCUT2D eigenvalue weighted by Crippen LogP contribution is 2.41. The molecule has 0 saturated heterocycles. The molecule has 4 rings (SSSR count). The van der Waals surface area contributed by atoms with Crippen LogP contribution in [-0.2, 0) is 9.53 Å². The summed E-state index contributed by atoms with van der Waals surface area (Å²) >= 11 is 2.74. The molecule has 0 aliphatic carbocycles. The fourth-order valence-electron chi connectivity index (χ4n) is 2.99. The molecule has 4 aromatic rings. The number of pyridine rings is 1. The molecule has 0 radical (unpaired) electrons. The lowest BCUT2D eigenvalue weighted by atomic mass is 10.1. The first kappa shape index (κ1) is 20.0. The van der Waals surface area contributed by atoms with Gasteiger partial charge < -0.3 is 9.15 Å². The fraction of sp³-hybridized carbons (Fsp3) is 0.0870. The van der Waals surface area contributed by atoms with Crippen molar-refractivity contribution >= 4 is 29.1 Å². The zero-order valence-corrected chi connectivity index (χ0v) is 17.6. The van der Waals surface area contributed by atoms with Crippen LogP contribution in [0.25, 0.3) is 21.9 Å². The number of carbonyl (C=O) groups excluding carboxylic acids is 1. The van der Waals surface area contributed by atoms with Crippen molar-refractivity contribution < 1.29 is 13.9 Å². The highest BCUT2D eigenvalue weighted by Gasteiger charge is 2.27. The van der Waals surface area contributed by atoms with Crippen LogP contribution >= 0.6 is 23.1 Å². The van der Waals surface area contributed by atoms with Crippen LogP contribution in [0.1, 0.15) is 16.4 Å². The van der Waals surface area contributed by atoms with E-state index < -0.39 is 11.2 Å². The van der Waals surface area contributed by atoms with E-state index in [-0.39, 0.29) is 0 Å². The molecule has 3 aromatic heterocycles. The molecule has 0 N–H and O–H groups in total. The Kier molecular flexibility index (Phi) is 5.98. The van der Waals surface area contributed by atoms with E-state index in [1.807, 2.05) is 60.0 Å². The number of thioether (sulfide) groups is 1. The number of thiophene rings is 1. The molecule has 0 saturated carbocycles. The van der Waals surface area contributed by atoms with E-state index in [1.54, 1.807) is 12.3 Å². The first-order chi connectivity index (χ1) is 14.7. The molecular weight excluding hydrogens is 416 g/mol. The van der Waals surface area contributed by atoms with Crippen molar-refractivity contribution in [2.45, 2.75) is 10.3 Å². The number of hydrogen-bond donors (Lipinski definition) is 0. The molecule has 0 amide bonds. The maximum absolute atomic E-state index is 12.6. The Morgan fingerprint density at radius 2 is 2.03 bits per heavy atom. The van der Waals surface area contributed by atoms with Gasteiger partial charge in [-0.15, -0.1) is 11.3 Å². The van der Waals surface area contributed by atoms with Crippen molar-refractivity contribution in [1.29, 1.82) is 5.26 Å². The highest BCUT2D eigenvalue weighted by atomic mass is 32.2. The number of furan rings is 1. The molecule has 0 fully saturated rings. The predicted molar refractivity (Wildman–Crippen MR) is 117 cm³/mol. The molecule has 5 nitrogen and oxygen atoms in total. The van der Waals surface area contributed by atoms with Gasteiger partial charge in [-0.1, -0.05) is 48.2 Å². The lowest BCUT2D eigenvalue weighted by Gasteiger charge is -2.16. The minimum absolute atomic E-state index is 0.405. The van der Waals surface area contributed by atoms with Crippen molar-refractivity contribution in [1.82, 2.24) is 4.98 Å². The number of nitrogens with zero attached hydrogens (tertiary/aromatic N) is 2. The Hall–Kier alpha value is -3.34. The number of ether oxygens (including phenoxy) is 1. The van der Waals surface area contributed by atoms with Crippen LogP contribution in [0.3, 0.4) is 0 Å². The molecule has 30 heavy (non-hydrogen) atoms. The molecule has 0 bridgehead atoms. The van der Waals surface area contributed by atoms with Gasteiger partial charge in [0.15, 0.2) is 5.76 Å². The average molecular weight is 433 g/mol. The summed E-state index contributed by atoms with van der Waals surface area (Å²) in [5.41, 5.74) is 2.55. The van der Waals surface area contributed by atoms with E-state index in [0.29, 0.717) is 22.0 Å². The maximum atomic E-state index is 12.6. The second-order valence-corrected chi connectivity index (χ2v) is 8.27. The van der Waals surface area contributed by atoms with E-state index in [9.17, 15) is 10.1 Å². The largest absolute Gasteiger partial charge is 0.468 e. The van der Waals surface area contributed by atoms with Gasteiger partial charge in [-0.3, -0.25) is 4.79 Å². The number of carbonyl (C=O) groups is 1. The van der Waals surface area contributed by atoms with Gasteiger partial charge in [-0.2, -0.15) is 5.26 Å². The highest BCUT2D eigenvalue weighted by molar-refractivity contribution is 8.00. The zero-order chi connectivity index (χ0) is 20.9. The Balaban J connectivity index is 1.87. The molecule has 3 heterocycles. The predicted octanol–water partition coefficient (Wildman–Crippen LogP) is 5.95. The van der Waals surface area contributed by atoms with E-state index in [0.717, 1.165) is 16.0 Å². The summed E-state index contributed by atoms with van der Waals surface area (Å²) in [7, 11) is 1.35. The standard InChI is InChI=1S/C23H16N2O3S2/c1-27-23(26)21(15-7-3-2-4-8-15)30-22-17(14-24)16(20-10-6-12-29-20)13-18(25-22)19-9-5-11-28-19/h2-13,21H,1H3. The van der Waals surface area contributed by atoms with Crippen LogP contribution in [-0.4, -0.2) is 18.1 Å². The molecule has 0 spiro atoms. The van der Waals surface area contributed by atoms with Crippen molar-refractivity contribution in [3.8, 4) is 28.0 Å². The van der Waals surface area contributed by atoms with Gasteiger partial charge in [0.05, 0.1) is 18.9 Å². The third-order valence-electron chi connectivity index (χ3n) is 4.41. The van der Waals surface area contributed by atoms with Crippen LogP contribution < -0.4 is 0 Å². The van der Waals surface area contributed by atoms with Crippen LogP contribution in [0.2, 0.25) is 0 Å². The quantitative estimate of drug-likeness (QED) is 0.277. The van der Waals surface area contributed by atoms with Crippen LogP contribution in [0, 0.1) is 11.3 Å². The van der Waals surface area contributed by atoms with Crippen LogP contribution in [0.5, 0.6) is 0 Å². The van der Waals surface area contributed by atoms with E-state index in [2.05, 4.69) is 11.1 Å². The van der Waals surface area contributed by atoms with E-state index >= 15 is 0 Å². The normalized spacial score (nSPS) is 11.6. The van der Waals surface area contributed by atoms with Crippen molar-refractivity contribution in [2.75, 3.05) is 7.11 Å². The number of methoxy groups -OCH3 is 1. The molecular formula is C23H16N2O3S2. The third kappa shape index (κ3) is 4.01. The maximum Gasteiger partial charge on any atom is 0.323 e. The summed E-state index contributed by atoms with van der Waals surface area (Å²) < 4.78 is 10.6. The number of benzene rings is 1. The van der Waals surface area contributed by atoms with Gasteiger partial charge in [0, 0.05) is 10.4 Å². The van der Waals surface area contributed by atoms with Gasteiger partial charge in [0.1, 0.15) is 22.0 Å². The number of esters is 1. The molecule has 0 aliphatic heterocycles. The molecule has 0 aliphatic rings. The number of nitriles is 1.